The van der Waals surface area contributed by atoms with Crippen molar-refractivity contribution in [2.75, 3.05) is 26.4 Å². The van der Waals surface area contributed by atoms with Crippen molar-refractivity contribution in [1.82, 2.24) is 4.90 Å². The first kappa shape index (κ1) is 13.3. The predicted octanol–water partition coefficient (Wildman–Crippen LogP) is 3.73. The lowest BCUT2D eigenvalue weighted by atomic mass is 10.2. The van der Waals surface area contributed by atoms with E-state index in [2.05, 4.69) is 62.3 Å². The normalized spacial score (nSPS) is 12.1. The highest BCUT2D eigenvalue weighted by Crippen LogP contribution is 2.22. The van der Waals surface area contributed by atoms with Gasteiger partial charge in [0.1, 0.15) is 0 Å². The first-order valence-corrected chi connectivity index (χ1v) is 6.74. The van der Waals surface area contributed by atoms with Gasteiger partial charge in [-0.15, -0.1) is 11.8 Å². The molecule has 0 amide bonds. The standard InChI is InChI=1S/C14H21NS/c1-4-14(16-11-10-15(2)3)12-13-8-6-5-7-9-13/h5-9,12H,4,10-11H2,1-3H3. The third-order valence-corrected chi connectivity index (χ3v) is 3.47. The molecule has 0 bridgehead atoms. The summed E-state index contributed by atoms with van der Waals surface area (Å²) >= 11 is 1.96. The maximum absolute atomic E-state index is 2.29. The summed E-state index contributed by atoms with van der Waals surface area (Å²) in [5.74, 6) is 1.17. The van der Waals surface area contributed by atoms with Crippen LogP contribution in [0.15, 0.2) is 35.2 Å². The number of nitrogens with zero attached hydrogens (tertiary/aromatic N) is 1. The number of benzene rings is 1. The Balaban J connectivity index is 2.50. The van der Waals surface area contributed by atoms with Crippen molar-refractivity contribution < 1.29 is 0 Å². The van der Waals surface area contributed by atoms with Gasteiger partial charge in [-0.1, -0.05) is 37.3 Å². The van der Waals surface area contributed by atoms with Gasteiger partial charge in [0.05, 0.1) is 0 Å². The summed E-state index contributed by atoms with van der Waals surface area (Å²) in [5, 5.41) is 0. The summed E-state index contributed by atoms with van der Waals surface area (Å²) in [6.45, 7) is 3.36. The fraction of sp³-hybridized carbons (Fsp3) is 0.429. The number of hydrogen-bond donors (Lipinski definition) is 0. The Morgan fingerprint density at radius 3 is 2.50 bits per heavy atom. The molecule has 2 heteroatoms. The van der Waals surface area contributed by atoms with Gasteiger partial charge in [0.15, 0.2) is 0 Å². The topological polar surface area (TPSA) is 3.24 Å². The second-order valence-corrected chi connectivity index (χ2v) is 5.25. The van der Waals surface area contributed by atoms with Crippen molar-refractivity contribution in [2.24, 2.45) is 0 Å². The lowest BCUT2D eigenvalue weighted by Crippen LogP contribution is -2.14. The molecule has 0 spiro atoms. The SMILES string of the molecule is CCC(=Cc1ccccc1)SCCN(C)C. The Morgan fingerprint density at radius 1 is 1.25 bits per heavy atom. The molecule has 1 rings (SSSR count). The third kappa shape index (κ3) is 5.38. The number of rotatable bonds is 6. The molecule has 0 fully saturated rings. The minimum atomic E-state index is 1.12. The van der Waals surface area contributed by atoms with Gasteiger partial charge in [-0.05, 0) is 37.1 Å². The first-order chi connectivity index (χ1) is 7.72. The fourth-order valence-electron chi connectivity index (χ4n) is 1.34. The van der Waals surface area contributed by atoms with Crippen LogP contribution < -0.4 is 0 Å². The molecule has 0 aliphatic heterocycles. The highest BCUT2D eigenvalue weighted by atomic mass is 32.2. The van der Waals surface area contributed by atoms with E-state index in [4.69, 9.17) is 0 Å². The van der Waals surface area contributed by atoms with E-state index in [0.717, 1.165) is 13.0 Å². The van der Waals surface area contributed by atoms with Gasteiger partial charge >= 0.3 is 0 Å². The van der Waals surface area contributed by atoms with Crippen molar-refractivity contribution in [2.45, 2.75) is 13.3 Å². The van der Waals surface area contributed by atoms with Gasteiger partial charge in [-0.2, -0.15) is 0 Å². The van der Waals surface area contributed by atoms with E-state index >= 15 is 0 Å². The molecule has 0 atom stereocenters. The molecule has 0 unspecified atom stereocenters. The van der Waals surface area contributed by atoms with Crippen LogP contribution in [0.4, 0.5) is 0 Å². The summed E-state index contributed by atoms with van der Waals surface area (Å²) in [5.41, 5.74) is 1.30. The average Bonchev–Trinajstić information content (AvgIpc) is 2.28. The van der Waals surface area contributed by atoms with E-state index in [9.17, 15) is 0 Å². The molecule has 0 saturated carbocycles. The van der Waals surface area contributed by atoms with Crippen molar-refractivity contribution in [3.8, 4) is 0 Å². The Labute approximate surface area is 104 Å². The quantitative estimate of drug-likeness (QED) is 0.739. The molecule has 0 N–H and O–H groups in total. The van der Waals surface area contributed by atoms with Gasteiger partial charge in [-0.25, -0.2) is 0 Å². The van der Waals surface area contributed by atoms with Gasteiger partial charge in [0.2, 0.25) is 0 Å². The zero-order valence-electron chi connectivity index (χ0n) is 10.4. The Bertz CT molecular complexity index is 317. The van der Waals surface area contributed by atoms with Gasteiger partial charge in [0.25, 0.3) is 0 Å². The van der Waals surface area contributed by atoms with Crippen LogP contribution in [0.3, 0.4) is 0 Å². The Hall–Kier alpha value is -0.730. The van der Waals surface area contributed by atoms with E-state index in [1.165, 1.54) is 16.2 Å². The molecule has 88 valence electrons. The minimum absolute atomic E-state index is 1.12. The molecule has 1 aromatic carbocycles. The van der Waals surface area contributed by atoms with Gasteiger partial charge in [0, 0.05) is 12.3 Å². The molecule has 0 saturated heterocycles. The highest BCUT2D eigenvalue weighted by molar-refractivity contribution is 8.03. The number of thioether (sulfide) groups is 1. The minimum Gasteiger partial charge on any atom is -0.309 e. The molecule has 1 nitrogen and oxygen atoms in total. The van der Waals surface area contributed by atoms with Crippen molar-refractivity contribution in [1.29, 1.82) is 0 Å². The fourth-order valence-corrected chi connectivity index (χ4v) is 2.48. The second kappa shape index (κ2) is 7.53. The van der Waals surface area contributed by atoms with Crippen LogP contribution in [0.1, 0.15) is 18.9 Å². The molecule has 0 radical (unpaired) electrons. The summed E-state index contributed by atoms with van der Waals surface area (Å²) in [7, 11) is 4.24. The van der Waals surface area contributed by atoms with Crippen molar-refractivity contribution in [3.05, 3.63) is 40.8 Å². The van der Waals surface area contributed by atoms with Crippen LogP contribution in [0.25, 0.3) is 6.08 Å². The van der Waals surface area contributed by atoms with E-state index in [0.29, 0.717) is 0 Å². The lowest BCUT2D eigenvalue weighted by Gasteiger charge is -2.10. The third-order valence-electron chi connectivity index (χ3n) is 2.30. The van der Waals surface area contributed by atoms with E-state index < -0.39 is 0 Å². The zero-order chi connectivity index (χ0) is 11.8. The highest BCUT2D eigenvalue weighted by Gasteiger charge is 1.97. The van der Waals surface area contributed by atoms with Crippen LogP contribution in [0.2, 0.25) is 0 Å². The van der Waals surface area contributed by atoms with E-state index in [-0.39, 0.29) is 0 Å². The smallest absolute Gasteiger partial charge is 0.0105 e. The summed E-state index contributed by atoms with van der Waals surface area (Å²) in [6.07, 6.45) is 3.41. The van der Waals surface area contributed by atoms with E-state index in [1.807, 2.05) is 11.8 Å². The number of hydrogen-bond acceptors (Lipinski definition) is 2. The Morgan fingerprint density at radius 2 is 1.94 bits per heavy atom. The summed E-state index contributed by atoms with van der Waals surface area (Å²) in [6, 6.07) is 10.5. The zero-order valence-corrected chi connectivity index (χ0v) is 11.3. The van der Waals surface area contributed by atoms with Crippen LogP contribution in [0.5, 0.6) is 0 Å². The maximum Gasteiger partial charge on any atom is 0.0105 e. The first-order valence-electron chi connectivity index (χ1n) is 5.75. The molecule has 0 heterocycles. The molecular formula is C14H21NS. The maximum atomic E-state index is 2.29. The molecule has 16 heavy (non-hydrogen) atoms. The van der Waals surface area contributed by atoms with Crippen molar-refractivity contribution in [3.63, 3.8) is 0 Å². The van der Waals surface area contributed by atoms with Crippen LogP contribution >= 0.6 is 11.8 Å². The Kier molecular flexibility index (Phi) is 6.27. The van der Waals surface area contributed by atoms with Gasteiger partial charge in [-0.3, -0.25) is 0 Å². The largest absolute Gasteiger partial charge is 0.309 e. The summed E-state index contributed by atoms with van der Waals surface area (Å²) < 4.78 is 0. The monoisotopic (exact) mass is 235 g/mol. The molecule has 0 aromatic heterocycles. The number of allylic oxidation sites excluding steroid dienone is 1. The lowest BCUT2D eigenvalue weighted by molar-refractivity contribution is 0.437. The van der Waals surface area contributed by atoms with Crippen LogP contribution in [-0.2, 0) is 0 Å². The van der Waals surface area contributed by atoms with Crippen molar-refractivity contribution >= 4 is 17.8 Å². The second-order valence-electron chi connectivity index (χ2n) is 4.03. The van der Waals surface area contributed by atoms with Crippen LogP contribution in [-0.4, -0.2) is 31.3 Å². The van der Waals surface area contributed by atoms with Crippen LogP contribution in [0, 0.1) is 0 Å². The molecular weight excluding hydrogens is 214 g/mol. The predicted molar refractivity (Wildman–Crippen MR) is 75.7 cm³/mol. The average molecular weight is 235 g/mol. The van der Waals surface area contributed by atoms with Gasteiger partial charge < -0.3 is 4.90 Å². The van der Waals surface area contributed by atoms with E-state index in [1.54, 1.807) is 0 Å². The molecule has 1 aromatic rings. The molecule has 0 aliphatic carbocycles. The summed E-state index contributed by atoms with van der Waals surface area (Å²) in [4.78, 5) is 3.69. The molecule has 0 aliphatic rings.